The summed E-state index contributed by atoms with van der Waals surface area (Å²) in [5, 5.41) is 0. The van der Waals surface area contributed by atoms with Crippen molar-refractivity contribution in [2.24, 2.45) is 0 Å². The minimum Gasteiger partial charge on any atom is -0.489 e. The lowest BCUT2D eigenvalue weighted by atomic mass is 9.91. The van der Waals surface area contributed by atoms with Gasteiger partial charge in [-0.25, -0.2) is 0 Å². The molecule has 5 heteroatoms. The van der Waals surface area contributed by atoms with E-state index in [0.29, 0.717) is 5.88 Å². The molecule has 0 radical (unpaired) electrons. The molecule has 0 bridgehead atoms. The summed E-state index contributed by atoms with van der Waals surface area (Å²) >= 11 is 7.72. The van der Waals surface area contributed by atoms with Crippen molar-refractivity contribution in [2.45, 2.75) is 36.8 Å². The third-order valence-corrected chi connectivity index (χ3v) is 5.25. The molecular weight excluding hydrogens is 282 g/mol. The highest BCUT2D eigenvalue weighted by molar-refractivity contribution is 7.99. The second-order valence-corrected chi connectivity index (χ2v) is 6.56. The van der Waals surface area contributed by atoms with Crippen LogP contribution in [-0.4, -0.2) is 34.8 Å². The van der Waals surface area contributed by atoms with Crippen molar-refractivity contribution >= 4 is 23.4 Å². The SMILES string of the molecule is ClCc1ccc(OC2CCOC3(CCSC3)C2)cn1. The molecule has 0 aromatic carbocycles. The maximum absolute atomic E-state index is 6.05. The number of nitrogens with zero attached hydrogens (tertiary/aromatic N) is 1. The summed E-state index contributed by atoms with van der Waals surface area (Å²) in [5.41, 5.74) is 0.946. The summed E-state index contributed by atoms with van der Waals surface area (Å²) < 4.78 is 12.0. The molecule has 104 valence electrons. The highest BCUT2D eigenvalue weighted by Crippen LogP contribution is 2.39. The highest BCUT2D eigenvalue weighted by atomic mass is 35.5. The molecule has 3 rings (SSSR count). The Labute approximate surface area is 123 Å². The molecule has 1 spiro atoms. The molecule has 1 aromatic rings. The Kier molecular flexibility index (Phi) is 4.20. The van der Waals surface area contributed by atoms with Gasteiger partial charge in [0.2, 0.25) is 0 Å². The van der Waals surface area contributed by atoms with E-state index >= 15 is 0 Å². The standard InChI is InChI=1S/C14H18ClNO2S/c15-8-11-1-2-13(9-16-11)18-12-3-5-17-14(7-12)4-6-19-10-14/h1-2,9,12H,3-8,10H2. The van der Waals surface area contributed by atoms with Crippen LogP contribution in [0.2, 0.25) is 0 Å². The third kappa shape index (κ3) is 3.18. The van der Waals surface area contributed by atoms with Gasteiger partial charge in [0.05, 0.1) is 30.0 Å². The number of hydrogen-bond acceptors (Lipinski definition) is 4. The van der Waals surface area contributed by atoms with Crippen LogP contribution in [0.5, 0.6) is 5.75 Å². The monoisotopic (exact) mass is 299 g/mol. The smallest absolute Gasteiger partial charge is 0.138 e. The van der Waals surface area contributed by atoms with Crippen molar-refractivity contribution in [1.82, 2.24) is 4.98 Å². The molecule has 3 heterocycles. The molecule has 1 aromatic heterocycles. The van der Waals surface area contributed by atoms with Crippen LogP contribution in [0.15, 0.2) is 18.3 Å². The molecule has 0 N–H and O–H groups in total. The normalized spacial score (nSPS) is 30.7. The number of thioether (sulfide) groups is 1. The zero-order valence-corrected chi connectivity index (χ0v) is 12.4. The van der Waals surface area contributed by atoms with E-state index in [2.05, 4.69) is 4.98 Å². The van der Waals surface area contributed by atoms with E-state index < -0.39 is 0 Å². The maximum Gasteiger partial charge on any atom is 0.138 e. The first-order chi connectivity index (χ1) is 9.30. The van der Waals surface area contributed by atoms with Gasteiger partial charge >= 0.3 is 0 Å². The number of pyridine rings is 1. The van der Waals surface area contributed by atoms with Gasteiger partial charge in [-0.2, -0.15) is 11.8 Å². The van der Waals surface area contributed by atoms with Gasteiger partial charge in [-0.1, -0.05) is 0 Å². The molecule has 2 fully saturated rings. The molecule has 2 saturated heterocycles. The molecule has 0 aliphatic carbocycles. The lowest BCUT2D eigenvalue weighted by molar-refractivity contribution is -0.0959. The van der Waals surface area contributed by atoms with Crippen LogP contribution in [0.1, 0.15) is 25.0 Å². The minimum absolute atomic E-state index is 0.0666. The van der Waals surface area contributed by atoms with Crippen LogP contribution < -0.4 is 4.74 Å². The van der Waals surface area contributed by atoms with Crippen molar-refractivity contribution in [3.05, 3.63) is 24.0 Å². The number of aromatic nitrogens is 1. The zero-order valence-electron chi connectivity index (χ0n) is 10.8. The molecular formula is C14H18ClNO2S. The Hall–Kier alpha value is -0.450. The van der Waals surface area contributed by atoms with Crippen LogP contribution in [0.4, 0.5) is 0 Å². The summed E-state index contributed by atoms with van der Waals surface area (Å²) in [7, 11) is 0. The van der Waals surface area contributed by atoms with Gasteiger partial charge in [0, 0.05) is 18.6 Å². The molecule has 2 aliphatic rings. The average Bonchev–Trinajstić information content (AvgIpc) is 2.88. The van der Waals surface area contributed by atoms with Gasteiger partial charge < -0.3 is 9.47 Å². The van der Waals surface area contributed by atoms with Crippen molar-refractivity contribution in [2.75, 3.05) is 18.1 Å². The summed E-state index contributed by atoms with van der Waals surface area (Å²) in [6.07, 6.45) is 5.13. The largest absolute Gasteiger partial charge is 0.489 e. The van der Waals surface area contributed by atoms with Crippen LogP contribution in [0.25, 0.3) is 0 Å². The Balaban J connectivity index is 1.62. The van der Waals surface area contributed by atoms with E-state index in [1.807, 2.05) is 23.9 Å². The van der Waals surface area contributed by atoms with E-state index in [4.69, 9.17) is 21.1 Å². The third-order valence-electron chi connectivity index (χ3n) is 3.75. The van der Waals surface area contributed by atoms with Crippen molar-refractivity contribution < 1.29 is 9.47 Å². The van der Waals surface area contributed by atoms with Gasteiger partial charge in [-0.15, -0.1) is 11.6 Å². The summed E-state index contributed by atoms with van der Waals surface area (Å²) in [5.74, 6) is 3.59. The molecule has 3 nitrogen and oxygen atoms in total. The topological polar surface area (TPSA) is 31.4 Å². The van der Waals surface area contributed by atoms with Crippen LogP contribution in [0.3, 0.4) is 0 Å². The lowest BCUT2D eigenvalue weighted by Gasteiger charge is -2.37. The Morgan fingerprint density at radius 3 is 3.16 bits per heavy atom. The number of alkyl halides is 1. The van der Waals surface area contributed by atoms with Gasteiger partial charge in [0.25, 0.3) is 0 Å². The van der Waals surface area contributed by atoms with Crippen molar-refractivity contribution in [3.63, 3.8) is 0 Å². The fourth-order valence-corrected chi connectivity index (χ4v) is 4.24. The van der Waals surface area contributed by atoms with Crippen molar-refractivity contribution in [1.29, 1.82) is 0 Å². The minimum atomic E-state index is 0.0666. The first-order valence-corrected chi connectivity index (χ1v) is 8.38. The first kappa shape index (κ1) is 13.5. The van der Waals surface area contributed by atoms with Gasteiger partial charge in [0.15, 0.2) is 0 Å². The lowest BCUT2D eigenvalue weighted by Crippen LogP contribution is -2.43. The fraction of sp³-hybridized carbons (Fsp3) is 0.643. The molecule has 19 heavy (non-hydrogen) atoms. The number of halogens is 1. The zero-order chi connectivity index (χ0) is 13.1. The molecule has 2 atom stereocenters. The predicted octanol–water partition coefficient (Wildman–Crippen LogP) is 3.25. The van der Waals surface area contributed by atoms with Crippen molar-refractivity contribution in [3.8, 4) is 5.75 Å². The second-order valence-electron chi connectivity index (χ2n) is 5.19. The Morgan fingerprint density at radius 1 is 1.53 bits per heavy atom. The number of hydrogen-bond donors (Lipinski definition) is 0. The molecule has 2 unspecified atom stereocenters. The van der Waals surface area contributed by atoms with Gasteiger partial charge in [-0.05, 0) is 24.3 Å². The number of rotatable bonds is 3. The van der Waals surface area contributed by atoms with E-state index in [9.17, 15) is 0 Å². The fourth-order valence-electron chi connectivity index (χ4n) is 2.70. The number of ether oxygens (including phenoxy) is 2. The average molecular weight is 300 g/mol. The second kappa shape index (κ2) is 5.90. The Morgan fingerprint density at radius 2 is 2.47 bits per heavy atom. The van der Waals surface area contributed by atoms with E-state index in [-0.39, 0.29) is 11.7 Å². The maximum atomic E-state index is 6.05. The van der Waals surface area contributed by atoms with E-state index in [1.54, 1.807) is 6.20 Å². The van der Waals surface area contributed by atoms with Gasteiger partial charge in [-0.3, -0.25) is 4.98 Å². The van der Waals surface area contributed by atoms with Gasteiger partial charge in [0.1, 0.15) is 11.9 Å². The Bertz CT molecular complexity index is 420. The highest BCUT2D eigenvalue weighted by Gasteiger charge is 2.41. The first-order valence-electron chi connectivity index (χ1n) is 6.69. The molecule has 2 aliphatic heterocycles. The summed E-state index contributed by atoms with van der Waals surface area (Å²) in [6, 6.07) is 3.87. The van der Waals surface area contributed by atoms with E-state index in [0.717, 1.165) is 43.1 Å². The van der Waals surface area contributed by atoms with Crippen LogP contribution in [-0.2, 0) is 10.6 Å². The van der Waals surface area contributed by atoms with Crippen LogP contribution in [0, 0.1) is 0 Å². The quantitative estimate of drug-likeness (QED) is 0.802. The summed E-state index contributed by atoms with van der Waals surface area (Å²) in [6.45, 7) is 0.804. The van der Waals surface area contributed by atoms with Crippen LogP contribution >= 0.6 is 23.4 Å². The predicted molar refractivity (Wildman–Crippen MR) is 78.1 cm³/mol. The van der Waals surface area contributed by atoms with E-state index in [1.165, 1.54) is 5.75 Å². The molecule has 0 saturated carbocycles. The molecule has 0 amide bonds. The summed E-state index contributed by atoms with van der Waals surface area (Å²) in [4.78, 5) is 4.26.